The van der Waals surface area contributed by atoms with Crippen molar-refractivity contribution in [2.24, 2.45) is 11.7 Å². The van der Waals surface area contributed by atoms with Crippen LogP contribution in [0.1, 0.15) is 30.1 Å². The zero-order valence-electron chi connectivity index (χ0n) is 11.0. The Morgan fingerprint density at radius 2 is 2.32 bits per heavy atom. The summed E-state index contributed by atoms with van der Waals surface area (Å²) in [6, 6.07) is 3.63. The van der Waals surface area contributed by atoms with E-state index in [2.05, 4.69) is 0 Å². The second kappa shape index (κ2) is 5.57. The fourth-order valence-corrected chi connectivity index (χ4v) is 2.47. The van der Waals surface area contributed by atoms with Crippen molar-refractivity contribution in [1.29, 1.82) is 0 Å². The van der Waals surface area contributed by atoms with Gasteiger partial charge in [0.1, 0.15) is 11.6 Å². The van der Waals surface area contributed by atoms with Gasteiger partial charge in [-0.3, -0.25) is 4.79 Å². The van der Waals surface area contributed by atoms with Gasteiger partial charge in [-0.1, -0.05) is 0 Å². The molecule has 0 aliphatic carbocycles. The van der Waals surface area contributed by atoms with Crippen molar-refractivity contribution in [3.63, 3.8) is 0 Å². The smallest absolute Gasteiger partial charge is 0.256 e. The molecule has 104 valence electrons. The van der Waals surface area contributed by atoms with E-state index in [0.29, 0.717) is 13.1 Å². The molecule has 0 spiro atoms. The molecule has 2 unspecified atom stereocenters. The number of carbonyl (C=O) groups excluding carboxylic acids is 1. The number of hydrogen-bond acceptors (Lipinski definition) is 3. The maximum atomic E-state index is 13.7. The van der Waals surface area contributed by atoms with Gasteiger partial charge in [0, 0.05) is 25.2 Å². The highest BCUT2D eigenvalue weighted by atomic mass is 19.1. The molecule has 1 aliphatic heterocycles. The lowest BCUT2D eigenvalue weighted by Crippen LogP contribution is -2.45. The van der Waals surface area contributed by atoms with Crippen LogP contribution in [0.5, 0.6) is 5.75 Å². The van der Waals surface area contributed by atoms with Gasteiger partial charge >= 0.3 is 0 Å². The summed E-state index contributed by atoms with van der Waals surface area (Å²) in [5.74, 6) is -0.935. The molecule has 1 heterocycles. The van der Waals surface area contributed by atoms with Gasteiger partial charge in [0.15, 0.2) is 0 Å². The molecule has 1 amide bonds. The number of nitrogens with two attached hydrogens (primary N) is 1. The highest BCUT2D eigenvalue weighted by Gasteiger charge is 2.27. The highest BCUT2D eigenvalue weighted by molar-refractivity contribution is 5.94. The van der Waals surface area contributed by atoms with Crippen LogP contribution in [0.4, 0.5) is 4.39 Å². The van der Waals surface area contributed by atoms with Gasteiger partial charge in [0.05, 0.1) is 5.56 Å². The molecule has 1 aliphatic rings. The molecule has 3 N–H and O–H groups in total. The van der Waals surface area contributed by atoms with E-state index in [-0.39, 0.29) is 29.2 Å². The average molecular weight is 266 g/mol. The number of amides is 1. The number of rotatable bonds is 2. The molecule has 2 rings (SSSR count). The van der Waals surface area contributed by atoms with E-state index in [1.807, 2.05) is 6.92 Å². The molecule has 1 fully saturated rings. The molecule has 1 aromatic rings. The maximum Gasteiger partial charge on any atom is 0.256 e. The SMILES string of the molecule is CC(N)C1CCCN(C(=O)c2ccc(O)cc2F)C1. The van der Waals surface area contributed by atoms with Crippen molar-refractivity contribution < 1.29 is 14.3 Å². The van der Waals surface area contributed by atoms with Gasteiger partial charge in [0.25, 0.3) is 5.91 Å². The first-order valence-electron chi connectivity index (χ1n) is 6.52. The Morgan fingerprint density at radius 1 is 1.58 bits per heavy atom. The monoisotopic (exact) mass is 266 g/mol. The second-order valence-corrected chi connectivity index (χ2v) is 5.18. The Kier molecular flexibility index (Phi) is 4.04. The summed E-state index contributed by atoms with van der Waals surface area (Å²) in [6.45, 7) is 3.12. The summed E-state index contributed by atoms with van der Waals surface area (Å²) >= 11 is 0. The van der Waals surface area contributed by atoms with Gasteiger partial charge in [-0.05, 0) is 37.8 Å². The van der Waals surface area contributed by atoms with Crippen molar-refractivity contribution in [2.45, 2.75) is 25.8 Å². The van der Waals surface area contributed by atoms with Crippen molar-refractivity contribution in [1.82, 2.24) is 4.90 Å². The standard InChI is InChI=1S/C14H19FN2O2/c1-9(16)10-3-2-6-17(8-10)14(19)12-5-4-11(18)7-13(12)15/h4-5,7,9-10,18H,2-3,6,8,16H2,1H3. The number of carbonyl (C=O) groups is 1. The largest absolute Gasteiger partial charge is 0.508 e. The molecule has 0 bridgehead atoms. The summed E-state index contributed by atoms with van der Waals surface area (Å²) in [6.07, 6.45) is 1.89. The number of nitrogens with zero attached hydrogens (tertiary/aromatic N) is 1. The summed E-state index contributed by atoms with van der Waals surface area (Å²) in [5, 5.41) is 9.16. The quantitative estimate of drug-likeness (QED) is 0.856. The lowest BCUT2D eigenvalue weighted by atomic mass is 9.92. The number of likely N-dealkylation sites (tertiary alicyclic amines) is 1. The molecule has 1 aromatic carbocycles. The topological polar surface area (TPSA) is 66.6 Å². The summed E-state index contributed by atoms with van der Waals surface area (Å²) in [7, 11) is 0. The zero-order chi connectivity index (χ0) is 14.0. The Hall–Kier alpha value is -1.62. The number of benzene rings is 1. The van der Waals surface area contributed by atoms with Crippen molar-refractivity contribution >= 4 is 5.91 Å². The van der Waals surface area contributed by atoms with Gasteiger partial charge in [-0.2, -0.15) is 0 Å². The Morgan fingerprint density at radius 3 is 2.95 bits per heavy atom. The molecule has 2 atom stereocenters. The van der Waals surface area contributed by atoms with Crippen molar-refractivity contribution in [3.05, 3.63) is 29.6 Å². The van der Waals surface area contributed by atoms with E-state index in [0.717, 1.165) is 18.9 Å². The average Bonchev–Trinajstić information content (AvgIpc) is 2.38. The molecular formula is C14H19FN2O2. The number of hydrogen-bond donors (Lipinski definition) is 2. The Labute approximate surface area is 112 Å². The summed E-state index contributed by atoms with van der Waals surface area (Å²) in [5.41, 5.74) is 5.88. The molecule has 4 nitrogen and oxygen atoms in total. The van der Waals surface area contributed by atoms with E-state index in [4.69, 9.17) is 10.8 Å². The lowest BCUT2D eigenvalue weighted by Gasteiger charge is -2.34. The molecule has 0 radical (unpaired) electrons. The molecule has 0 saturated carbocycles. The van der Waals surface area contributed by atoms with Crippen LogP contribution >= 0.6 is 0 Å². The predicted octanol–water partition coefficient (Wildman–Crippen LogP) is 1.73. The minimum atomic E-state index is -0.687. The van der Waals surface area contributed by atoms with Crippen LogP contribution in [0.15, 0.2) is 18.2 Å². The number of phenols is 1. The fraction of sp³-hybridized carbons (Fsp3) is 0.500. The van der Waals surface area contributed by atoms with Crippen LogP contribution < -0.4 is 5.73 Å². The van der Waals surface area contributed by atoms with Crippen LogP contribution in [-0.4, -0.2) is 35.0 Å². The molecule has 1 saturated heterocycles. The number of halogens is 1. The van der Waals surface area contributed by atoms with Crippen LogP contribution in [0, 0.1) is 11.7 Å². The number of phenolic OH excluding ortho intramolecular Hbond substituents is 1. The first kappa shape index (κ1) is 13.8. The third-order valence-electron chi connectivity index (χ3n) is 3.67. The fourth-order valence-electron chi connectivity index (χ4n) is 2.47. The van der Waals surface area contributed by atoms with Crippen molar-refractivity contribution in [2.75, 3.05) is 13.1 Å². The summed E-state index contributed by atoms with van der Waals surface area (Å²) < 4.78 is 13.7. The normalized spacial score (nSPS) is 21.2. The molecule has 5 heteroatoms. The van der Waals surface area contributed by atoms with E-state index < -0.39 is 5.82 Å². The summed E-state index contributed by atoms with van der Waals surface area (Å²) in [4.78, 5) is 13.9. The number of piperidine rings is 1. The number of aromatic hydroxyl groups is 1. The Bertz CT molecular complexity index is 477. The van der Waals surface area contributed by atoms with E-state index in [1.54, 1.807) is 4.90 Å². The van der Waals surface area contributed by atoms with E-state index >= 15 is 0 Å². The highest BCUT2D eigenvalue weighted by Crippen LogP contribution is 2.22. The maximum absolute atomic E-state index is 13.7. The van der Waals surface area contributed by atoms with Crippen LogP contribution in [0.25, 0.3) is 0 Å². The minimum absolute atomic E-state index is 0.00289. The third-order valence-corrected chi connectivity index (χ3v) is 3.67. The van der Waals surface area contributed by atoms with Crippen LogP contribution in [-0.2, 0) is 0 Å². The van der Waals surface area contributed by atoms with Gasteiger partial charge in [0.2, 0.25) is 0 Å². The molecular weight excluding hydrogens is 247 g/mol. The first-order chi connectivity index (χ1) is 8.99. The molecule has 0 aromatic heterocycles. The van der Waals surface area contributed by atoms with E-state index in [9.17, 15) is 9.18 Å². The first-order valence-corrected chi connectivity index (χ1v) is 6.52. The predicted molar refractivity (Wildman–Crippen MR) is 70.3 cm³/mol. The second-order valence-electron chi connectivity index (χ2n) is 5.18. The van der Waals surface area contributed by atoms with E-state index in [1.165, 1.54) is 12.1 Å². The van der Waals surface area contributed by atoms with Gasteiger partial charge in [-0.25, -0.2) is 4.39 Å². The third kappa shape index (κ3) is 3.04. The molecule has 19 heavy (non-hydrogen) atoms. The van der Waals surface area contributed by atoms with Gasteiger partial charge < -0.3 is 15.7 Å². The van der Waals surface area contributed by atoms with Crippen molar-refractivity contribution in [3.8, 4) is 5.75 Å². The zero-order valence-corrected chi connectivity index (χ0v) is 11.0. The van der Waals surface area contributed by atoms with Crippen LogP contribution in [0.2, 0.25) is 0 Å². The van der Waals surface area contributed by atoms with Crippen LogP contribution in [0.3, 0.4) is 0 Å². The Balaban J connectivity index is 2.15. The lowest BCUT2D eigenvalue weighted by molar-refractivity contribution is 0.0656. The van der Waals surface area contributed by atoms with Gasteiger partial charge in [-0.15, -0.1) is 0 Å². The minimum Gasteiger partial charge on any atom is -0.508 e.